The molecule has 0 saturated carbocycles. The van der Waals surface area contributed by atoms with E-state index in [1.165, 1.54) is 19.3 Å². The average molecular weight is 347 g/mol. The summed E-state index contributed by atoms with van der Waals surface area (Å²) >= 11 is 0. The molecule has 0 amide bonds. The monoisotopic (exact) mass is 346 g/mol. The Kier molecular flexibility index (Phi) is 19.1. The molecule has 0 aliphatic heterocycles. The predicted octanol–water partition coefficient (Wildman–Crippen LogP) is 4.34. The molecule has 1 unspecified atom stereocenters. The third kappa shape index (κ3) is 15.8. The molecule has 0 heterocycles. The van der Waals surface area contributed by atoms with Gasteiger partial charge in [0.1, 0.15) is 0 Å². The molecule has 0 spiro atoms. The second-order valence-electron chi connectivity index (χ2n) is 5.62. The first kappa shape index (κ1) is 25.1. The molecule has 0 N–H and O–H groups in total. The van der Waals surface area contributed by atoms with E-state index >= 15 is 0 Å². The summed E-state index contributed by atoms with van der Waals surface area (Å²) < 4.78 is 33.5. The summed E-state index contributed by atoms with van der Waals surface area (Å²) in [4.78, 5) is 0. The number of hydrogen-bond acceptors (Lipinski definition) is 4. The molecule has 6 heteroatoms. The summed E-state index contributed by atoms with van der Waals surface area (Å²) in [6.07, 6.45) is 11.1. The first-order valence-corrected chi connectivity index (χ1v) is 9.96. The first-order valence-electron chi connectivity index (χ1n) is 8.63. The molecule has 0 saturated heterocycles. The molecular formula is C16H35NaO4S. The second kappa shape index (κ2) is 16.7. The van der Waals surface area contributed by atoms with Crippen LogP contribution in [0.25, 0.3) is 0 Å². The van der Waals surface area contributed by atoms with Crippen molar-refractivity contribution in [3.8, 4) is 0 Å². The van der Waals surface area contributed by atoms with Gasteiger partial charge in [-0.1, -0.05) is 72.1 Å². The maximum atomic E-state index is 11.7. The van der Waals surface area contributed by atoms with Crippen molar-refractivity contribution < 1.29 is 16.8 Å². The Balaban J connectivity index is 0. The molecule has 130 valence electrons. The summed E-state index contributed by atoms with van der Waals surface area (Å²) in [6.45, 7) is 6.49. The van der Waals surface area contributed by atoms with Crippen molar-refractivity contribution >= 4 is 40.0 Å². The van der Waals surface area contributed by atoms with Crippen molar-refractivity contribution in [2.75, 3.05) is 6.61 Å². The first-order chi connectivity index (χ1) is 10.1. The molecule has 0 aliphatic rings. The average Bonchev–Trinajstić information content (AvgIpc) is 2.45. The minimum atomic E-state index is -3.83. The van der Waals surface area contributed by atoms with Gasteiger partial charge in [-0.15, -0.1) is 0 Å². The Hall–Kier alpha value is 0.870. The summed E-state index contributed by atoms with van der Waals surface area (Å²) in [6, 6.07) is 0. The van der Waals surface area contributed by atoms with Crippen molar-refractivity contribution in [3.05, 3.63) is 0 Å². The molecule has 1 atom stereocenters. The molecule has 4 nitrogen and oxygen atoms in total. The molecule has 0 aromatic rings. The zero-order valence-electron chi connectivity index (χ0n) is 14.1. The van der Waals surface area contributed by atoms with E-state index in [9.17, 15) is 8.42 Å². The van der Waals surface area contributed by atoms with E-state index < -0.39 is 10.4 Å². The Bertz CT molecular complexity index is 320. The van der Waals surface area contributed by atoms with Crippen molar-refractivity contribution in [2.45, 2.75) is 97.5 Å². The fourth-order valence-electron chi connectivity index (χ4n) is 2.18. The minimum absolute atomic E-state index is 0. The Morgan fingerprint density at radius 2 is 1.36 bits per heavy atom. The van der Waals surface area contributed by atoms with Gasteiger partial charge in [-0.25, -0.2) is 8.37 Å². The van der Waals surface area contributed by atoms with Gasteiger partial charge in [-0.2, -0.15) is 8.42 Å². The second-order valence-corrected chi connectivity index (χ2v) is 6.86. The van der Waals surface area contributed by atoms with Crippen LogP contribution in [0.1, 0.15) is 91.4 Å². The van der Waals surface area contributed by atoms with Gasteiger partial charge >= 0.3 is 40.0 Å². The molecular weight excluding hydrogens is 311 g/mol. The Morgan fingerprint density at radius 1 is 0.818 bits per heavy atom. The quantitative estimate of drug-likeness (QED) is 0.327. The van der Waals surface area contributed by atoms with Crippen molar-refractivity contribution in [3.63, 3.8) is 0 Å². The fourth-order valence-corrected chi connectivity index (χ4v) is 3.12. The van der Waals surface area contributed by atoms with E-state index in [-0.39, 0.29) is 42.3 Å². The standard InChI is InChI=1S/C16H34O4S.Na.H/c1-4-7-9-10-11-13-15-19-21(17,18)20-16(6-3)14-12-8-5-2;;/h16H,4-15H2,1-3H3;;. The normalized spacial score (nSPS) is 12.9. The van der Waals surface area contributed by atoms with Gasteiger partial charge in [0.05, 0.1) is 12.7 Å². The van der Waals surface area contributed by atoms with Gasteiger partial charge < -0.3 is 0 Å². The van der Waals surface area contributed by atoms with Gasteiger partial charge in [0, 0.05) is 0 Å². The van der Waals surface area contributed by atoms with Crippen LogP contribution in [-0.4, -0.2) is 50.7 Å². The fraction of sp³-hybridized carbons (Fsp3) is 1.00. The van der Waals surface area contributed by atoms with Crippen LogP contribution in [0.15, 0.2) is 0 Å². The van der Waals surface area contributed by atoms with Crippen molar-refractivity contribution in [1.29, 1.82) is 0 Å². The number of hydrogen-bond donors (Lipinski definition) is 0. The van der Waals surface area contributed by atoms with E-state index in [1.54, 1.807) is 0 Å². The van der Waals surface area contributed by atoms with Crippen LogP contribution in [0.2, 0.25) is 0 Å². The molecule has 22 heavy (non-hydrogen) atoms. The SMILES string of the molecule is CCCCCCCCOS(=O)(=O)OC(CC)CCCCC.[NaH]. The van der Waals surface area contributed by atoms with Crippen LogP contribution in [-0.2, 0) is 18.8 Å². The molecule has 0 aromatic carbocycles. The summed E-state index contributed by atoms with van der Waals surface area (Å²) in [5.41, 5.74) is 0. The molecule has 0 radical (unpaired) electrons. The molecule has 0 aliphatic carbocycles. The predicted molar refractivity (Wildman–Crippen MR) is 94.7 cm³/mol. The van der Waals surface area contributed by atoms with Crippen LogP contribution in [0.5, 0.6) is 0 Å². The van der Waals surface area contributed by atoms with Crippen LogP contribution >= 0.6 is 0 Å². The third-order valence-electron chi connectivity index (χ3n) is 3.56. The van der Waals surface area contributed by atoms with Crippen LogP contribution in [0.4, 0.5) is 0 Å². The van der Waals surface area contributed by atoms with Crippen molar-refractivity contribution in [2.24, 2.45) is 0 Å². The Morgan fingerprint density at radius 3 is 1.95 bits per heavy atom. The zero-order chi connectivity index (χ0) is 16.0. The van der Waals surface area contributed by atoms with E-state index in [0.717, 1.165) is 44.9 Å². The third-order valence-corrected chi connectivity index (χ3v) is 4.53. The molecule has 0 bridgehead atoms. The molecule has 0 rings (SSSR count). The molecule has 0 aromatic heterocycles. The number of rotatable bonds is 15. The molecule has 0 fully saturated rings. The summed E-state index contributed by atoms with van der Waals surface area (Å²) in [5.74, 6) is 0. The van der Waals surface area contributed by atoms with Crippen LogP contribution < -0.4 is 0 Å². The van der Waals surface area contributed by atoms with Crippen LogP contribution in [0, 0.1) is 0 Å². The maximum absolute atomic E-state index is 11.7. The van der Waals surface area contributed by atoms with Crippen molar-refractivity contribution in [1.82, 2.24) is 0 Å². The summed E-state index contributed by atoms with van der Waals surface area (Å²) in [7, 11) is -3.83. The van der Waals surface area contributed by atoms with Gasteiger partial charge in [0.25, 0.3) is 0 Å². The topological polar surface area (TPSA) is 52.6 Å². The van der Waals surface area contributed by atoms with Gasteiger partial charge in [-0.3, -0.25) is 0 Å². The van der Waals surface area contributed by atoms with E-state index in [2.05, 4.69) is 13.8 Å². The number of unbranched alkanes of at least 4 members (excludes halogenated alkanes) is 7. The van der Waals surface area contributed by atoms with Gasteiger partial charge in [0.2, 0.25) is 0 Å². The van der Waals surface area contributed by atoms with Gasteiger partial charge in [-0.05, 0) is 19.3 Å². The zero-order valence-corrected chi connectivity index (χ0v) is 14.9. The van der Waals surface area contributed by atoms with E-state index in [1.807, 2.05) is 6.92 Å². The van der Waals surface area contributed by atoms with E-state index in [0.29, 0.717) is 6.42 Å². The Labute approximate surface area is 160 Å². The van der Waals surface area contributed by atoms with Gasteiger partial charge in [0.15, 0.2) is 0 Å². The summed E-state index contributed by atoms with van der Waals surface area (Å²) in [5, 5.41) is 0. The van der Waals surface area contributed by atoms with Crippen LogP contribution in [0.3, 0.4) is 0 Å². The van der Waals surface area contributed by atoms with E-state index in [4.69, 9.17) is 8.37 Å².